The predicted molar refractivity (Wildman–Crippen MR) is 108 cm³/mol. The molecule has 1 atom stereocenters. The van der Waals surface area contributed by atoms with Crippen LogP contribution in [0, 0.1) is 0 Å². The Kier molecular flexibility index (Phi) is 6.55. The van der Waals surface area contributed by atoms with Crippen LogP contribution in [0.25, 0.3) is 11.4 Å². The van der Waals surface area contributed by atoms with Crippen molar-refractivity contribution in [2.75, 3.05) is 7.11 Å². The number of amides is 1. The second-order valence-corrected chi connectivity index (χ2v) is 7.99. The lowest BCUT2D eigenvalue weighted by atomic mass is 10.2. The molecule has 0 unspecified atom stereocenters. The van der Waals surface area contributed by atoms with Gasteiger partial charge in [-0.15, -0.1) is 16.8 Å². The van der Waals surface area contributed by atoms with Crippen LogP contribution in [0.5, 0.6) is 5.75 Å². The molecule has 1 N–H and O–H groups in total. The van der Waals surface area contributed by atoms with Gasteiger partial charge in [-0.05, 0) is 44.0 Å². The molecule has 0 bridgehead atoms. The number of benzene rings is 1. The number of rotatable bonds is 8. The number of hydrogen-bond donors (Lipinski definition) is 1. The molecule has 1 aromatic heterocycles. The van der Waals surface area contributed by atoms with E-state index in [4.69, 9.17) is 4.74 Å². The van der Waals surface area contributed by atoms with Gasteiger partial charge >= 0.3 is 0 Å². The van der Waals surface area contributed by atoms with Crippen molar-refractivity contribution in [2.45, 2.75) is 55.6 Å². The summed E-state index contributed by atoms with van der Waals surface area (Å²) in [7, 11) is 1.64. The van der Waals surface area contributed by atoms with Crippen molar-refractivity contribution in [1.29, 1.82) is 0 Å². The molecule has 0 saturated heterocycles. The van der Waals surface area contributed by atoms with Crippen molar-refractivity contribution in [3.05, 3.63) is 36.9 Å². The minimum absolute atomic E-state index is 0.0612. The standard InChI is InChI=1S/C20H26N4O2S/c1-4-13-24-18(15-9-11-17(26-3)12-10-15)22-23-20(24)27-14(2)19(25)21-16-7-5-6-8-16/h4,9-12,14,16H,1,5-8,13H2,2-3H3,(H,21,25)/t14-/m1/s1. The molecule has 1 saturated carbocycles. The first-order valence-electron chi connectivity index (χ1n) is 9.28. The zero-order valence-electron chi connectivity index (χ0n) is 15.9. The molecule has 0 aliphatic heterocycles. The van der Waals surface area contributed by atoms with Gasteiger partial charge in [-0.1, -0.05) is 30.7 Å². The Morgan fingerprint density at radius 1 is 1.37 bits per heavy atom. The zero-order chi connectivity index (χ0) is 19.2. The van der Waals surface area contributed by atoms with E-state index >= 15 is 0 Å². The topological polar surface area (TPSA) is 69.0 Å². The summed E-state index contributed by atoms with van der Waals surface area (Å²) in [5, 5.41) is 12.3. The fourth-order valence-corrected chi connectivity index (χ4v) is 4.09. The molecule has 27 heavy (non-hydrogen) atoms. The Morgan fingerprint density at radius 2 is 2.07 bits per heavy atom. The highest BCUT2D eigenvalue weighted by Gasteiger charge is 2.23. The fraction of sp³-hybridized carbons (Fsp3) is 0.450. The Bertz CT molecular complexity index is 782. The van der Waals surface area contributed by atoms with E-state index in [1.807, 2.05) is 41.8 Å². The van der Waals surface area contributed by atoms with Crippen molar-refractivity contribution < 1.29 is 9.53 Å². The first kappa shape index (κ1) is 19.5. The van der Waals surface area contributed by atoms with Crippen LogP contribution in [0.1, 0.15) is 32.6 Å². The molecule has 144 valence electrons. The van der Waals surface area contributed by atoms with E-state index in [-0.39, 0.29) is 11.2 Å². The van der Waals surface area contributed by atoms with E-state index in [1.165, 1.54) is 24.6 Å². The van der Waals surface area contributed by atoms with Crippen molar-refractivity contribution in [3.63, 3.8) is 0 Å². The van der Waals surface area contributed by atoms with Crippen molar-refractivity contribution >= 4 is 17.7 Å². The molecule has 0 radical (unpaired) electrons. The Hall–Kier alpha value is -2.28. The van der Waals surface area contributed by atoms with Gasteiger partial charge in [0.25, 0.3) is 0 Å². The maximum atomic E-state index is 12.5. The molecule has 1 heterocycles. The predicted octanol–water partition coefficient (Wildman–Crippen LogP) is 3.68. The molecule has 2 aromatic rings. The van der Waals surface area contributed by atoms with Gasteiger partial charge in [-0.2, -0.15) is 0 Å². The minimum atomic E-state index is -0.234. The van der Waals surface area contributed by atoms with Gasteiger partial charge in [-0.25, -0.2) is 0 Å². The van der Waals surface area contributed by atoms with Crippen LogP contribution in [0.15, 0.2) is 42.1 Å². The number of thioether (sulfide) groups is 1. The third kappa shape index (κ3) is 4.71. The third-order valence-electron chi connectivity index (χ3n) is 4.73. The lowest BCUT2D eigenvalue weighted by Gasteiger charge is -2.16. The number of methoxy groups -OCH3 is 1. The van der Waals surface area contributed by atoms with Crippen molar-refractivity contribution in [2.24, 2.45) is 0 Å². The summed E-state index contributed by atoms with van der Waals surface area (Å²) in [4.78, 5) is 12.5. The molecule has 1 aromatic carbocycles. The van der Waals surface area contributed by atoms with Gasteiger partial charge in [0.05, 0.1) is 12.4 Å². The number of allylic oxidation sites excluding steroid dienone is 1. The number of carbonyl (C=O) groups is 1. The van der Waals surface area contributed by atoms with Crippen molar-refractivity contribution in [1.82, 2.24) is 20.1 Å². The summed E-state index contributed by atoms with van der Waals surface area (Å²) in [6.07, 6.45) is 6.37. The first-order chi connectivity index (χ1) is 13.1. The van der Waals surface area contributed by atoms with E-state index in [2.05, 4.69) is 22.1 Å². The van der Waals surface area contributed by atoms with E-state index < -0.39 is 0 Å². The highest BCUT2D eigenvalue weighted by molar-refractivity contribution is 8.00. The zero-order valence-corrected chi connectivity index (χ0v) is 16.7. The summed E-state index contributed by atoms with van der Waals surface area (Å²) in [6.45, 7) is 6.33. The normalized spacial score (nSPS) is 15.5. The van der Waals surface area contributed by atoms with Crippen molar-refractivity contribution in [3.8, 4) is 17.1 Å². The molecule has 7 heteroatoms. The average molecular weight is 387 g/mol. The largest absolute Gasteiger partial charge is 0.497 e. The Labute approximate surface area is 164 Å². The Morgan fingerprint density at radius 3 is 2.70 bits per heavy atom. The van der Waals surface area contributed by atoms with E-state index in [0.717, 1.165) is 35.1 Å². The van der Waals surface area contributed by atoms with Crippen LogP contribution in [-0.4, -0.2) is 39.1 Å². The molecule has 1 fully saturated rings. The number of aromatic nitrogens is 3. The molecule has 1 aliphatic carbocycles. The monoisotopic (exact) mass is 386 g/mol. The van der Waals surface area contributed by atoms with Gasteiger partial charge in [0.2, 0.25) is 5.91 Å². The second kappa shape index (κ2) is 9.08. The minimum Gasteiger partial charge on any atom is -0.497 e. The molecule has 1 amide bonds. The summed E-state index contributed by atoms with van der Waals surface area (Å²) < 4.78 is 7.20. The number of nitrogens with zero attached hydrogens (tertiary/aromatic N) is 3. The summed E-state index contributed by atoms with van der Waals surface area (Å²) >= 11 is 1.43. The maximum absolute atomic E-state index is 12.5. The van der Waals surface area contributed by atoms with Crippen LogP contribution in [0.4, 0.5) is 0 Å². The number of nitrogens with one attached hydrogen (secondary N) is 1. The van der Waals surface area contributed by atoms with Gasteiger partial charge in [-0.3, -0.25) is 9.36 Å². The molecular weight excluding hydrogens is 360 g/mol. The highest BCUT2D eigenvalue weighted by Crippen LogP contribution is 2.28. The van der Waals surface area contributed by atoms with Crippen LogP contribution < -0.4 is 10.1 Å². The lowest BCUT2D eigenvalue weighted by molar-refractivity contribution is -0.120. The lowest BCUT2D eigenvalue weighted by Crippen LogP contribution is -2.37. The summed E-state index contributed by atoms with van der Waals surface area (Å²) in [6, 6.07) is 8.01. The fourth-order valence-electron chi connectivity index (χ4n) is 3.22. The first-order valence-corrected chi connectivity index (χ1v) is 10.2. The van der Waals surface area contributed by atoms with E-state index in [9.17, 15) is 4.79 Å². The van der Waals surface area contributed by atoms with Gasteiger partial charge in [0.15, 0.2) is 11.0 Å². The van der Waals surface area contributed by atoms with Crippen LogP contribution in [0.2, 0.25) is 0 Å². The molecule has 0 spiro atoms. The van der Waals surface area contributed by atoms with E-state index in [1.54, 1.807) is 7.11 Å². The van der Waals surface area contributed by atoms with Crippen LogP contribution in [-0.2, 0) is 11.3 Å². The molecule has 1 aliphatic rings. The van der Waals surface area contributed by atoms with Crippen LogP contribution in [0.3, 0.4) is 0 Å². The van der Waals surface area contributed by atoms with Crippen LogP contribution >= 0.6 is 11.8 Å². The maximum Gasteiger partial charge on any atom is 0.233 e. The highest BCUT2D eigenvalue weighted by atomic mass is 32.2. The molecule has 3 rings (SSSR count). The van der Waals surface area contributed by atoms with Gasteiger partial charge in [0.1, 0.15) is 5.75 Å². The number of hydrogen-bond acceptors (Lipinski definition) is 5. The quantitative estimate of drug-likeness (QED) is 0.554. The number of ether oxygens (including phenoxy) is 1. The third-order valence-corrected chi connectivity index (χ3v) is 5.81. The summed E-state index contributed by atoms with van der Waals surface area (Å²) in [5.74, 6) is 1.61. The molecular formula is C20H26N4O2S. The number of carbonyl (C=O) groups excluding carboxylic acids is 1. The van der Waals surface area contributed by atoms with Gasteiger partial charge < -0.3 is 10.1 Å². The second-order valence-electron chi connectivity index (χ2n) is 6.68. The SMILES string of the molecule is C=CCn1c(S[C@H](C)C(=O)NC2CCCC2)nnc1-c1ccc(OC)cc1. The van der Waals surface area contributed by atoms with E-state index in [0.29, 0.717) is 12.6 Å². The Balaban J connectivity index is 1.75. The average Bonchev–Trinajstić information content (AvgIpc) is 3.33. The summed E-state index contributed by atoms with van der Waals surface area (Å²) in [5.41, 5.74) is 0.945. The smallest absolute Gasteiger partial charge is 0.233 e. The van der Waals surface area contributed by atoms with Gasteiger partial charge in [0, 0.05) is 18.2 Å². The molecule has 6 nitrogen and oxygen atoms in total.